The van der Waals surface area contributed by atoms with Gasteiger partial charge in [-0.3, -0.25) is 32.5 Å². The SMILES string of the molecule is CC/C=C\C/C=C\C/C=C\C/C=C\C/C=C\CCCCCC(=O)OCC(O)COP(=O)(O)OCC(O)COP(=O)(O)OCC(COC(=O)CCCCCCCC/C=C\C/C=C\C/C=C\CCCCC)OC(=O)CCC/C=C\C/C=C\C/C=C\C/C=C\C/C=C\CC. The molecular formula is C73H118O16P2. The summed E-state index contributed by atoms with van der Waals surface area (Å²) in [4.78, 5) is 58.4. The molecule has 0 saturated heterocycles. The first-order chi connectivity index (χ1) is 44.2. The summed E-state index contributed by atoms with van der Waals surface area (Å²) < 4.78 is 60.8. The zero-order chi connectivity index (χ0) is 66.7. The standard InChI is InChI=1S/C73H118O16P2/c1-4-7-10-13-16-19-22-25-28-31-33-36-38-41-44-47-50-53-56-59-71(76)83-62-68(74)63-85-90(79,80)86-64-69(75)65-87-91(81,82)88-67-70(89-73(78)61-58-55-52-49-46-43-40-35-30-27-24-21-18-15-12-9-6-3)66-84-72(77)60-57-54-51-48-45-42-39-37-34-32-29-26-23-20-17-14-11-8-5-2/h7,9-10,12,16-21,25-30,33-34,36-37,40-41,43-44,49,52,68-70,74-75H,4-6,8,11,13-15,22-24,31-32,35,38-39,42,45-48,50-51,53-67H2,1-3H3,(H,79,80)(H,81,82)/b10-7-,12-9-,19-16-,20-17-,21-18-,28-25-,29-26-,30-27-,36-33-,37-34-,43-40-,44-41-,52-49-. The van der Waals surface area contributed by atoms with Gasteiger partial charge in [0.15, 0.2) is 6.10 Å². The Kier molecular flexibility index (Phi) is 61.8. The Hall–Kier alpha value is -4.83. The number of phosphoric acid groups is 2. The Labute approximate surface area is 549 Å². The number of ether oxygens (including phenoxy) is 3. The molecule has 91 heavy (non-hydrogen) atoms. The van der Waals surface area contributed by atoms with E-state index in [0.717, 1.165) is 141 Å². The first-order valence-electron chi connectivity index (χ1n) is 33.8. The van der Waals surface area contributed by atoms with E-state index >= 15 is 0 Å². The van der Waals surface area contributed by atoms with Gasteiger partial charge in [-0.15, -0.1) is 0 Å². The lowest BCUT2D eigenvalue weighted by Crippen LogP contribution is -2.30. The number of carbonyl (C=O) groups excluding carboxylic acids is 3. The van der Waals surface area contributed by atoms with Gasteiger partial charge in [-0.2, -0.15) is 0 Å². The van der Waals surface area contributed by atoms with E-state index in [4.69, 9.17) is 32.3 Å². The van der Waals surface area contributed by atoms with Gasteiger partial charge in [0.05, 0.1) is 26.4 Å². The van der Waals surface area contributed by atoms with Crippen LogP contribution >= 0.6 is 15.6 Å². The first kappa shape index (κ1) is 86.2. The molecule has 0 aromatic rings. The van der Waals surface area contributed by atoms with Gasteiger partial charge in [0.2, 0.25) is 0 Å². The molecule has 0 fully saturated rings. The van der Waals surface area contributed by atoms with E-state index in [2.05, 4.69) is 167 Å². The summed E-state index contributed by atoms with van der Waals surface area (Å²) in [5.41, 5.74) is 0. The third-order valence-corrected chi connectivity index (χ3v) is 15.1. The summed E-state index contributed by atoms with van der Waals surface area (Å²) in [6.07, 6.45) is 78.7. The van der Waals surface area contributed by atoms with Crippen LogP contribution < -0.4 is 0 Å². The largest absolute Gasteiger partial charge is 0.472 e. The molecule has 0 aliphatic carbocycles. The van der Waals surface area contributed by atoms with Crippen molar-refractivity contribution in [2.75, 3.05) is 39.6 Å². The second kappa shape index (κ2) is 65.2. The molecule has 0 aliphatic rings. The molecule has 16 nitrogen and oxygen atoms in total. The van der Waals surface area contributed by atoms with Crippen molar-refractivity contribution in [2.45, 2.75) is 245 Å². The zero-order valence-electron chi connectivity index (χ0n) is 55.7. The molecule has 5 unspecified atom stereocenters. The molecule has 18 heteroatoms. The quantitative estimate of drug-likeness (QED) is 0.0146. The molecule has 0 radical (unpaired) electrons. The lowest BCUT2D eigenvalue weighted by molar-refractivity contribution is -0.161. The van der Waals surface area contributed by atoms with E-state index in [9.17, 15) is 43.5 Å². The lowest BCUT2D eigenvalue weighted by atomic mass is 10.1. The number of carbonyl (C=O) groups is 3. The molecule has 0 amide bonds. The van der Waals surface area contributed by atoms with Crippen molar-refractivity contribution in [1.82, 2.24) is 0 Å². The van der Waals surface area contributed by atoms with Crippen molar-refractivity contribution < 1.29 is 75.8 Å². The molecule has 5 atom stereocenters. The third-order valence-electron chi connectivity index (χ3n) is 13.2. The van der Waals surface area contributed by atoms with Gasteiger partial charge in [-0.25, -0.2) is 9.13 Å². The van der Waals surface area contributed by atoms with Crippen molar-refractivity contribution in [3.05, 3.63) is 158 Å². The summed E-state index contributed by atoms with van der Waals surface area (Å²) in [5.74, 6) is -1.70. The number of aliphatic hydroxyl groups is 2. The van der Waals surface area contributed by atoms with Crippen LogP contribution in [0.15, 0.2) is 158 Å². The topological polar surface area (TPSA) is 231 Å². The minimum Gasteiger partial charge on any atom is -0.463 e. The maximum absolute atomic E-state index is 12.9. The monoisotopic (exact) mass is 1310 g/mol. The number of allylic oxidation sites excluding steroid dienone is 26. The van der Waals surface area contributed by atoms with E-state index in [0.29, 0.717) is 25.7 Å². The third kappa shape index (κ3) is 66.4. The van der Waals surface area contributed by atoms with Crippen LogP contribution in [0.4, 0.5) is 0 Å². The highest BCUT2D eigenvalue weighted by molar-refractivity contribution is 7.47. The molecule has 0 aromatic heterocycles. The highest BCUT2D eigenvalue weighted by Crippen LogP contribution is 2.45. The van der Waals surface area contributed by atoms with Gasteiger partial charge in [0.25, 0.3) is 0 Å². The number of aliphatic hydroxyl groups excluding tert-OH is 2. The molecule has 4 N–H and O–H groups in total. The Morgan fingerprint density at radius 2 is 0.593 bits per heavy atom. The van der Waals surface area contributed by atoms with Crippen LogP contribution in [0.2, 0.25) is 0 Å². The fraction of sp³-hybridized carbons (Fsp3) is 0.603. The second-order valence-corrected chi connectivity index (χ2v) is 24.8. The zero-order valence-corrected chi connectivity index (χ0v) is 57.5. The number of hydrogen-bond acceptors (Lipinski definition) is 14. The first-order valence-corrected chi connectivity index (χ1v) is 36.8. The minimum absolute atomic E-state index is 0.0163. The number of rotatable bonds is 62. The van der Waals surface area contributed by atoms with Crippen molar-refractivity contribution in [1.29, 1.82) is 0 Å². The second-order valence-electron chi connectivity index (χ2n) is 21.9. The van der Waals surface area contributed by atoms with Crippen LogP contribution in [0.25, 0.3) is 0 Å². The Morgan fingerprint density at radius 1 is 0.319 bits per heavy atom. The Bertz CT molecular complexity index is 2290. The van der Waals surface area contributed by atoms with E-state index in [1.165, 1.54) is 19.3 Å². The van der Waals surface area contributed by atoms with Crippen LogP contribution in [0.3, 0.4) is 0 Å². The van der Waals surface area contributed by atoms with E-state index < -0.39 is 91.5 Å². The number of hydrogen-bond donors (Lipinski definition) is 4. The summed E-state index contributed by atoms with van der Waals surface area (Å²) in [6, 6.07) is 0. The van der Waals surface area contributed by atoms with E-state index in [1.807, 2.05) is 12.2 Å². The summed E-state index contributed by atoms with van der Waals surface area (Å²) in [7, 11) is -9.82. The van der Waals surface area contributed by atoms with Crippen molar-refractivity contribution in [3.8, 4) is 0 Å². The average molecular weight is 1310 g/mol. The molecule has 516 valence electrons. The van der Waals surface area contributed by atoms with Gasteiger partial charge in [-0.05, 0) is 141 Å². The Morgan fingerprint density at radius 3 is 0.967 bits per heavy atom. The van der Waals surface area contributed by atoms with Gasteiger partial charge in [0, 0.05) is 19.3 Å². The molecule has 0 rings (SSSR count). The minimum atomic E-state index is -4.95. The lowest BCUT2D eigenvalue weighted by Gasteiger charge is -2.21. The smallest absolute Gasteiger partial charge is 0.463 e. The molecule has 0 heterocycles. The van der Waals surface area contributed by atoms with Gasteiger partial charge < -0.3 is 34.2 Å². The van der Waals surface area contributed by atoms with Gasteiger partial charge >= 0.3 is 33.6 Å². The molecule has 0 saturated carbocycles. The highest BCUT2D eigenvalue weighted by atomic mass is 31.2. The molecule has 0 aromatic carbocycles. The Balaban J connectivity index is 4.82. The van der Waals surface area contributed by atoms with Crippen molar-refractivity contribution >= 4 is 33.6 Å². The van der Waals surface area contributed by atoms with Crippen LogP contribution in [-0.4, -0.2) is 95.9 Å². The average Bonchev–Trinajstić information content (AvgIpc) is 3.02. The van der Waals surface area contributed by atoms with Crippen molar-refractivity contribution in [2.24, 2.45) is 0 Å². The predicted molar refractivity (Wildman–Crippen MR) is 371 cm³/mol. The van der Waals surface area contributed by atoms with Gasteiger partial charge in [0.1, 0.15) is 25.4 Å². The van der Waals surface area contributed by atoms with Crippen molar-refractivity contribution in [3.63, 3.8) is 0 Å². The summed E-state index contributed by atoms with van der Waals surface area (Å²) in [6.45, 7) is 2.25. The van der Waals surface area contributed by atoms with Crippen LogP contribution in [0.5, 0.6) is 0 Å². The predicted octanol–water partition coefficient (Wildman–Crippen LogP) is 18.7. The number of phosphoric ester groups is 2. The molecule has 0 bridgehead atoms. The fourth-order valence-electron chi connectivity index (χ4n) is 8.11. The van der Waals surface area contributed by atoms with Crippen LogP contribution in [-0.2, 0) is 55.8 Å². The molecule has 0 spiro atoms. The number of unbranched alkanes of at least 4 members (excludes halogenated alkanes) is 13. The maximum atomic E-state index is 12.9. The molecule has 0 aliphatic heterocycles. The fourth-order valence-corrected chi connectivity index (χ4v) is 9.69. The van der Waals surface area contributed by atoms with Crippen LogP contribution in [0.1, 0.15) is 226 Å². The van der Waals surface area contributed by atoms with E-state index in [-0.39, 0.29) is 19.3 Å². The van der Waals surface area contributed by atoms with E-state index in [1.54, 1.807) is 0 Å². The summed E-state index contributed by atoms with van der Waals surface area (Å²) in [5, 5.41) is 20.5. The molecular weight excluding hydrogens is 1190 g/mol. The van der Waals surface area contributed by atoms with Crippen LogP contribution in [0, 0.1) is 0 Å². The highest BCUT2D eigenvalue weighted by Gasteiger charge is 2.29. The maximum Gasteiger partial charge on any atom is 0.472 e. The van der Waals surface area contributed by atoms with Gasteiger partial charge in [-0.1, -0.05) is 224 Å². The number of esters is 3. The summed E-state index contributed by atoms with van der Waals surface area (Å²) >= 11 is 0. The normalized spacial score (nSPS) is 15.2.